The molecule has 6 heteroatoms. The lowest BCUT2D eigenvalue weighted by Gasteiger charge is -2.00. The highest BCUT2D eigenvalue weighted by atomic mass is 16.4. The summed E-state index contributed by atoms with van der Waals surface area (Å²) in [6, 6.07) is -1.33. The van der Waals surface area contributed by atoms with Crippen molar-refractivity contribution in [2.45, 2.75) is 51.6 Å². The molecule has 0 aliphatic heterocycles. The molecule has 0 saturated carbocycles. The van der Waals surface area contributed by atoms with Gasteiger partial charge < -0.3 is 21.7 Å². The molecule has 0 saturated heterocycles. The Balaban J connectivity index is 0. The summed E-state index contributed by atoms with van der Waals surface area (Å²) in [5.74, 6) is -1.82. The molecule has 0 aliphatic carbocycles. The van der Waals surface area contributed by atoms with Crippen LogP contribution in [-0.2, 0) is 9.59 Å². The zero-order valence-electron chi connectivity index (χ0n) is 9.85. The molecule has 0 radical (unpaired) electrons. The monoisotopic (exact) mass is 234 g/mol. The lowest BCUT2D eigenvalue weighted by molar-refractivity contribution is -0.139. The third kappa shape index (κ3) is 10.9. The highest BCUT2D eigenvalue weighted by Gasteiger charge is 2.08. The van der Waals surface area contributed by atoms with E-state index in [1.807, 2.05) is 13.8 Å². The topological polar surface area (TPSA) is 127 Å². The summed E-state index contributed by atoms with van der Waals surface area (Å²) < 4.78 is 0. The molecule has 0 aromatic carbocycles. The molecule has 0 aromatic rings. The Morgan fingerprint density at radius 2 is 1.19 bits per heavy atom. The number of carboxylic acid groups (broad SMARTS) is 2. The molecule has 0 rings (SSSR count). The summed E-state index contributed by atoms with van der Waals surface area (Å²) >= 11 is 0. The van der Waals surface area contributed by atoms with Crippen LogP contribution in [0.2, 0.25) is 0 Å². The molecule has 0 spiro atoms. The Morgan fingerprint density at radius 3 is 1.25 bits per heavy atom. The Hall–Kier alpha value is -1.14. The molecular formula is C10H22N2O4. The van der Waals surface area contributed by atoms with E-state index in [0.29, 0.717) is 12.8 Å². The van der Waals surface area contributed by atoms with Crippen molar-refractivity contribution >= 4 is 11.9 Å². The molecule has 0 aliphatic rings. The van der Waals surface area contributed by atoms with Crippen LogP contribution in [0.25, 0.3) is 0 Å². The van der Waals surface area contributed by atoms with Gasteiger partial charge in [0.1, 0.15) is 12.1 Å². The van der Waals surface area contributed by atoms with Crippen LogP contribution in [0, 0.1) is 0 Å². The maximum Gasteiger partial charge on any atom is 0.320 e. The Bertz CT molecular complexity index is 187. The van der Waals surface area contributed by atoms with E-state index in [0.717, 1.165) is 12.8 Å². The van der Waals surface area contributed by atoms with Gasteiger partial charge in [0.05, 0.1) is 0 Å². The fourth-order valence-corrected chi connectivity index (χ4v) is 0.869. The normalized spacial score (nSPS) is 13.2. The van der Waals surface area contributed by atoms with Gasteiger partial charge in [0.15, 0.2) is 0 Å². The molecule has 0 heterocycles. The Labute approximate surface area is 95.6 Å². The molecular weight excluding hydrogens is 212 g/mol. The van der Waals surface area contributed by atoms with Crippen molar-refractivity contribution in [1.29, 1.82) is 0 Å². The smallest absolute Gasteiger partial charge is 0.320 e. The minimum atomic E-state index is -0.910. The van der Waals surface area contributed by atoms with Crippen molar-refractivity contribution in [2.24, 2.45) is 11.5 Å². The van der Waals surface area contributed by atoms with Crippen LogP contribution in [0.5, 0.6) is 0 Å². The van der Waals surface area contributed by atoms with Crippen molar-refractivity contribution in [3.63, 3.8) is 0 Å². The second-order valence-corrected chi connectivity index (χ2v) is 3.47. The lowest BCUT2D eigenvalue weighted by atomic mass is 10.2. The van der Waals surface area contributed by atoms with Gasteiger partial charge >= 0.3 is 11.9 Å². The Morgan fingerprint density at radius 1 is 0.938 bits per heavy atom. The summed E-state index contributed by atoms with van der Waals surface area (Å²) in [5, 5.41) is 16.4. The molecule has 96 valence electrons. The van der Waals surface area contributed by atoms with E-state index >= 15 is 0 Å². The van der Waals surface area contributed by atoms with Gasteiger partial charge in [-0.1, -0.05) is 26.7 Å². The first-order chi connectivity index (χ1) is 7.36. The van der Waals surface area contributed by atoms with Crippen LogP contribution >= 0.6 is 0 Å². The van der Waals surface area contributed by atoms with E-state index in [1.165, 1.54) is 0 Å². The number of aliphatic carboxylic acids is 2. The molecule has 2 atom stereocenters. The van der Waals surface area contributed by atoms with Gasteiger partial charge in [-0.2, -0.15) is 0 Å². The fourth-order valence-electron chi connectivity index (χ4n) is 0.869. The molecule has 6 N–H and O–H groups in total. The van der Waals surface area contributed by atoms with Gasteiger partial charge in [-0.25, -0.2) is 0 Å². The lowest BCUT2D eigenvalue weighted by Crippen LogP contribution is -2.29. The highest BCUT2D eigenvalue weighted by Crippen LogP contribution is 1.91. The number of carboxylic acids is 2. The molecule has 0 unspecified atom stereocenters. The molecule has 0 bridgehead atoms. The van der Waals surface area contributed by atoms with Crippen molar-refractivity contribution in [2.75, 3.05) is 0 Å². The van der Waals surface area contributed by atoms with E-state index in [9.17, 15) is 9.59 Å². The van der Waals surface area contributed by atoms with Gasteiger partial charge in [0, 0.05) is 0 Å². The maximum atomic E-state index is 9.96. The number of hydrogen-bond acceptors (Lipinski definition) is 4. The van der Waals surface area contributed by atoms with Crippen LogP contribution in [0.1, 0.15) is 39.5 Å². The van der Waals surface area contributed by atoms with Gasteiger partial charge in [-0.05, 0) is 12.8 Å². The zero-order valence-corrected chi connectivity index (χ0v) is 9.85. The minimum Gasteiger partial charge on any atom is -0.480 e. The maximum absolute atomic E-state index is 9.96. The number of rotatable bonds is 6. The average molecular weight is 234 g/mol. The van der Waals surface area contributed by atoms with Crippen LogP contribution in [0.3, 0.4) is 0 Å². The first-order valence-corrected chi connectivity index (χ1v) is 5.33. The molecule has 0 aromatic heterocycles. The van der Waals surface area contributed by atoms with Crippen molar-refractivity contribution in [3.8, 4) is 0 Å². The van der Waals surface area contributed by atoms with Gasteiger partial charge in [-0.15, -0.1) is 0 Å². The SMILES string of the molecule is CCC[C@@H](N)C(=O)O.CCC[C@@H](N)C(=O)O. The van der Waals surface area contributed by atoms with E-state index in [4.69, 9.17) is 21.7 Å². The Kier molecular flexibility index (Phi) is 11.2. The van der Waals surface area contributed by atoms with Crippen LogP contribution in [0.15, 0.2) is 0 Å². The van der Waals surface area contributed by atoms with Crippen LogP contribution in [-0.4, -0.2) is 34.2 Å². The zero-order chi connectivity index (χ0) is 13.1. The quantitative estimate of drug-likeness (QED) is 0.526. The van der Waals surface area contributed by atoms with Gasteiger partial charge in [0.2, 0.25) is 0 Å². The largest absolute Gasteiger partial charge is 0.480 e. The number of nitrogens with two attached hydrogens (primary N) is 2. The van der Waals surface area contributed by atoms with Crippen molar-refractivity contribution < 1.29 is 19.8 Å². The van der Waals surface area contributed by atoms with Crippen LogP contribution < -0.4 is 11.5 Å². The predicted octanol–water partition coefficient (Wildman–Crippen LogP) is 0.397. The fraction of sp³-hybridized carbons (Fsp3) is 0.800. The first kappa shape index (κ1) is 17.3. The number of carbonyl (C=O) groups is 2. The third-order valence-electron chi connectivity index (χ3n) is 1.83. The van der Waals surface area contributed by atoms with E-state index < -0.39 is 24.0 Å². The third-order valence-corrected chi connectivity index (χ3v) is 1.83. The van der Waals surface area contributed by atoms with Gasteiger partial charge in [-0.3, -0.25) is 9.59 Å². The predicted molar refractivity (Wildman–Crippen MR) is 61.0 cm³/mol. The highest BCUT2D eigenvalue weighted by molar-refractivity contribution is 5.73. The molecule has 0 fully saturated rings. The van der Waals surface area contributed by atoms with Crippen molar-refractivity contribution in [3.05, 3.63) is 0 Å². The van der Waals surface area contributed by atoms with Crippen molar-refractivity contribution in [1.82, 2.24) is 0 Å². The summed E-state index contributed by atoms with van der Waals surface area (Å²) in [4.78, 5) is 19.9. The second-order valence-electron chi connectivity index (χ2n) is 3.47. The van der Waals surface area contributed by atoms with Gasteiger partial charge in [0.25, 0.3) is 0 Å². The van der Waals surface area contributed by atoms with E-state index in [2.05, 4.69) is 0 Å². The summed E-state index contributed by atoms with van der Waals surface area (Å²) in [6.45, 7) is 3.81. The summed E-state index contributed by atoms with van der Waals surface area (Å²) in [6.07, 6.45) is 2.78. The first-order valence-electron chi connectivity index (χ1n) is 5.33. The molecule has 0 amide bonds. The van der Waals surface area contributed by atoms with Crippen LogP contribution in [0.4, 0.5) is 0 Å². The summed E-state index contributed by atoms with van der Waals surface area (Å²) in [5.41, 5.74) is 10.3. The second kappa shape index (κ2) is 10.4. The number of hydrogen-bond donors (Lipinski definition) is 4. The van der Waals surface area contributed by atoms with E-state index in [-0.39, 0.29) is 0 Å². The molecule has 6 nitrogen and oxygen atoms in total. The average Bonchev–Trinajstić information content (AvgIpc) is 2.19. The van der Waals surface area contributed by atoms with E-state index in [1.54, 1.807) is 0 Å². The minimum absolute atomic E-state index is 0.565. The molecule has 16 heavy (non-hydrogen) atoms. The standard InChI is InChI=1S/2C5H11NO2/c2*1-2-3-4(6)5(7)8/h2*4H,2-3,6H2,1H3,(H,7,8)/t2*4-/m11/s1. The summed E-state index contributed by atoms with van der Waals surface area (Å²) in [7, 11) is 0.